The molecule has 0 amide bonds. The normalized spacial score (nSPS) is 35.2. The fourth-order valence-corrected chi connectivity index (χ4v) is 5.49. The molecule has 2 aromatic carbocycles. The van der Waals surface area contributed by atoms with Crippen molar-refractivity contribution < 1.29 is 10.2 Å². The third-order valence-electron chi connectivity index (χ3n) is 6.81. The maximum absolute atomic E-state index is 11.2. The third-order valence-corrected chi connectivity index (χ3v) is 6.81. The van der Waals surface area contributed by atoms with E-state index in [1.165, 1.54) is 11.1 Å². The van der Waals surface area contributed by atoms with E-state index in [9.17, 15) is 10.2 Å². The molecule has 0 radical (unpaired) electrons. The molecule has 2 saturated carbocycles. The molecule has 26 heavy (non-hydrogen) atoms. The number of aliphatic hydroxyl groups is 2. The van der Waals surface area contributed by atoms with Gasteiger partial charge in [-0.1, -0.05) is 73.5 Å². The Morgan fingerprint density at radius 1 is 0.538 bits per heavy atom. The SMILES string of the molecule is OC1C(c2ccccc2)CCCC1C1CCCC(c2ccccc2)C1O. The first-order valence-electron chi connectivity index (χ1n) is 10.2. The molecule has 6 unspecified atom stereocenters. The Hall–Kier alpha value is -1.64. The molecule has 6 atom stereocenters. The van der Waals surface area contributed by atoms with E-state index >= 15 is 0 Å². The van der Waals surface area contributed by atoms with Gasteiger partial charge < -0.3 is 10.2 Å². The van der Waals surface area contributed by atoms with E-state index in [0.717, 1.165) is 38.5 Å². The second kappa shape index (κ2) is 7.94. The molecule has 4 rings (SSSR count). The lowest BCUT2D eigenvalue weighted by Crippen LogP contribution is -2.44. The molecule has 2 nitrogen and oxygen atoms in total. The molecule has 2 fully saturated rings. The minimum absolute atomic E-state index is 0.204. The van der Waals surface area contributed by atoms with Crippen LogP contribution in [0.25, 0.3) is 0 Å². The van der Waals surface area contributed by atoms with Crippen molar-refractivity contribution in [3.63, 3.8) is 0 Å². The van der Waals surface area contributed by atoms with Gasteiger partial charge in [-0.05, 0) is 48.6 Å². The molecule has 0 saturated heterocycles. The van der Waals surface area contributed by atoms with Gasteiger partial charge in [0.15, 0.2) is 0 Å². The van der Waals surface area contributed by atoms with Crippen molar-refractivity contribution >= 4 is 0 Å². The van der Waals surface area contributed by atoms with Crippen LogP contribution in [0, 0.1) is 11.8 Å². The summed E-state index contributed by atoms with van der Waals surface area (Å²) in [7, 11) is 0. The highest BCUT2D eigenvalue weighted by molar-refractivity contribution is 5.24. The molecular weight excluding hydrogens is 320 g/mol. The summed E-state index contributed by atoms with van der Waals surface area (Å²) in [5.41, 5.74) is 2.49. The Balaban J connectivity index is 1.54. The zero-order valence-electron chi connectivity index (χ0n) is 15.4. The van der Waals surface area contributed by atoms with Gasteiger partial charge >= 0.3 is 0 Å². The fraction of sp³-hybridized carbons (Fsp3) is 0.500. The van der Waals surface area contributed by atoms with Crippen molar-refractivity contribution in [2.24, 2.45) is 11.8 Å². The minimum atomic E-state index is -0.347. The van der Waals surface area contributed by atoms with E-state index in [-0.39, 0.29) is 35.9 Å². The summed E-state index contributed by atoms with van der Waals surface area (Å²) in [5.74, 6) is 0.824. The predicted molar refractivity (Wildman–Crippen MR) is 105 cm³/mol. The van der Waals surface area contributed by atoms with Crippen molar-refractivity contribution in [3.8, 4) is 0 Å². The van der Waals surface area contributed by atoms with Crippen LogP contribution in [0.2, 0.25) is 0 Å². The second-order valence-electron chi connectivity index (χ2n) is 8.21. The summed E-state index contributed by atoms with van der Waals surface area (Å²) in [5, 5.41) is 22.4. The predicted octanol–water partition coefficient (Wildman–Crippen LogP) is 4.88. The lowest BCUT2D eigenvalue weighted by Gasteiger charge is -2.45. The van der Waals surface area contributed by atoms with Crippen molar-refractivity contribution in [1.82, 2.24) is 0 Å². The van der Waals surface area contributed by atoms with Gasteiger partial charge in [0.05, 0.1) is 12.2 Å². The van der Waals surface area contributed by atoms with Gasteiger partial charge in [-0.25, -0.2) is 0 Å². The summed E-state index contributed by atoms with van der Waals surface area (Å²) < 4.78 is 0. The van der Waals surface area contributed by atoms with E-state index in [0.29, 0.717) is 0 Å². The van der Waals surface area contributed by atoms with Gasteiger partial charge in [-0.2, -0.15) is 0 Å². The molecule has 0 spiro atoms. The monoisotopic (exact) mass is 350 g/mol. The molecule has 0 aliphatic heterocycles. The average Bonchev–Trinajstić information content (AvgIpc) is 2.70. The summed E-state index contributed by atoms with van der Waals surface area (Å²) >= 11 is 0. The molecule has 138 valence electrons. The number of hydrogen-bond acceptors (Lipinski definition) is 2. The van der Waals surface area contributed by atoms with Crippen LogP contribution in [0.4, 0.5) is 0 Å². The number of aliphatic hydroxyl groups excluding tert-OH is 2. The number of rotatable bonds is 3. The van der Waals surface area contributed by atoms with Crippen molar-refractivity contribution in [2.75, 3.05) is 0 Å². The lowest BCUT2D eigenvalue weighted by molar-refractivity contribution is -0.0499. The molecule has 2 aliphatic rings. The van der Waals surface area contributed by atoms with Crippen LogP contribution in [-0.2, 0) is 0 Å². The third kappa shape index (κ3) is 3.45. The van der Waals surface area contributed by atoms with Gasteiger partial charge in [0.2, 0.25) is 0 Å². The average molecular weight is 351 g/mol. The molecule has 0 heterocycles. The summed E-state index contributed by atoms with van der Waals surface area (Å²) in [6.07, 6.45) is 5.75. The first kappa shape index (κ1) is 17.8. The van der Waals surface area contributed by atoms with E-state index in [2.05, 4.69) is 48.5 Å². The molecule has 2 aliphatic carbocycles. The maximum Gasteiger partial charge on any atom is 0.0640 e. The van der Waals surface area contributed by atoms with Crippen LogP contribution < -0.4 is 0 Å². The fourth-order valence-electron chi connectivity index (χ4n) is 5.49. The zero-order valence-corrected chi connectivity index (χ0v) is 15.4. The molecular formula is C24H30O2. The molecule has 2 N–H and O–H groups in total. The molecule has 0 aromatic heterocycles. The number of hydrogen-bond donors (Lipinski definition) is 2. The molecule has 0 bridgehead atoms. The second-order valence-corrected chi connectivity index (χ2v) is 8.21. The lowest BCUT2D eigenvalue weighted by atomic mass is 9.63. The van der Waals surface area contributed by atoms with E-state index in [1.54, 1.807) is 0 Å². The first-order valence-corrected chi connectivity index (χ1v) is 10.2. The van der Waals surface area contributed by atoms with Crippen LogP contribution in [-0.4, -0.2) is 22.4 Å². The smallest absolute Gasteiger partial charge is 0.0640 e. The van der Waals surface area contributed by atoms with Gasteiger partial charge in [0.1, 0.15) is 0 Å². The Morgan fingerprint density at radius 2 is 0.923 bits per heavy atom. The highest BCUT2D eigenvalue weighted by Crippen LogP contribution is 2.47. The quantitative estimate of drug-likeness (QED) is 0.828. The van der Waals surface area contributed by atoms with E-state index < -0.39 is 0 Å². The first-order chi connectivity index (χ1) is 12.8. The van der Waals surface area contributed by atoms with Gasteiger partial charge in [-0.3, -0.25) is 0 Å². The zero-order chi connectivity index (χ0) is 17.9. The van der Waals surface area contributed by atoms with Crippen LogP contribution in [0.15, 0.2) is 60.7 Å². The van der Waals surface area contributed by atoms with Crippen LogP contribution in [0.5, 0.6) is 0 Å². The highest BCUT2D eigenvalue weighted by atomic mass is 16.3. The Labute approximate surface area is 156 Å². The van der Waals surface area contributed by atoms with Crippen LogP contribution in [0.1, 0.15) is 61.5 Å². The Morgan fingerprint density at radius 3 is 1.31 bits per heavy atom. The van der Waals surface area contributed by atoms with E-state index in [4.69, 9.17) is 0 Å². The minimum Gasteiger partial charge on any atom is -0.392 e. The Kier molecular flexibility index (Phi) is 5.42. The summed E-state index contributed by atoms with van der Waals surface area (Å²) in [6.45, 7) is 0. The van der Waals surface area contributed by atoms with Gasteiger partial charge in [0.25, 0.3) is 0 Å². The topological polar surface area (TPSA) is 40.5 Å². The standard InChI is InChI=1S/C24H30O2/c25-23-19(17-9-3-1-4-10-17)13-7-15-21(23)22-16-8-14-20(24(22)26)18-11-5-2-6-12-18/h1-6,9-12,19-26H,7-8,13-16H2. The van der Waals surface area contributed by atoms with Gasteiger partial charge in [0, 0.05) is 11.8 Å². The number of benzene rings is 2. The van der Waals surface area contributed by atoms with Crippen molar-refractivity contribution in [3.05, 3.63) is 71.8 Å². The van der Waals surface area contributed by atoms with Crippen LogP contribution >= 0.6 is 0 Å². The highest BCUT2D eigenvalue weighted by Gasteiger charge is 2.43. The molecule has 2 heteroatoms. The van der Waals surface area contributed by atoms with Crippen LogP contribution in [0.3, 0.4) is 0 Å². The van der Waals surface area contributed by atoms with Crippen molar-refractivity contribution in [2.45, 2.75) is 62.6 Å². The summed E-state index contributed by atoms with van der Waals surface area (Å²) in [4.78, 5) is 0. The largest absolute Gasteiger partial charge is 0.392 e. The van der Waals surface area contributed by atoms with Crippen molar-refractivity contribution in [1.29, 1.82) is 0 Å². The van der Waals surface area contributed by atoms with Gasteiger partial charge in [-0.15, -0.1) is 0 Å². The Bertz CT molecular complexity index is 622. The van der Waals surface area contributed by atoms with E-state index in [1.807, 2.05) is 12.1 Å². The molecule has 2 aromatic rings. The maximum atomic E-state index is 11.2. The summed E-state index contributed by atoms with van der Waals surface area (Å²) in [6, 6.07) is 20.9.